The minimum Gasteiger partial charge on any atom is -0.497 e. The Morgan fingerprint density at radius 3 is 2.47 bits per heavy atom. The van der Waals surface area contributed by atoms with E-state index in [1.165, 1.54) is 10.5 Å². The number of ether oxygens (including phenoxy) is 2. The van der Waals surface area contributed by atoms with Crippen molar-refractivity contribution >= 4 is 23.3 Å². The predicted octanol–water partition coefficient (Wildman–Crippen LogP) is 4.97. The number of hydrogen-bond donors (Lipinski definition) is 1. The molecular weight excluding hydrogens is 456 g/mol. The molecule has 8 heteroatoms. The smallest absolute Gasteiger partial charge is 0.269 e. The van der Waals surface area contributed by atoms with Gasteiger partial charge in [0.05, 0.1) is 7.11 Å². The molecule has 4 aromatic rings. The Labute approximate surface area is 208 Å². The van der Waals surface area contributed by atoms with Crippen LogP contribution in [0.15, 0.2) is 71.2 Å². The van der Waals surface area contributed by atoms with Gasteiger partial charge in [0.2, 0.25) is 5.88 Å². The summed E-state index contributed by atoms with van der Waals surface area (Å²) in [7, 11) is 1.54. The standard InChI is InChI=1S/C28H24N4O4/c1-17-7-5-9-24(19(17)3)36-27-23(28(34)32-14-6-8-18(2)25(32)31-27)15-20(16-29)26(33)30-21-10-12-22(35-4)13-11-21/h5-15H,1-4H3,(H,30,33)/b20-15+. The number of amides is 1. The molecule has 0 saturated carbocycles. The first kappa shape index (κ1) is 24.2. The van der Waals surface area contributed by atoms with Gasteiger partial charge in [0.1, 0.15) is 34.4 Å². The number of nitrogens with zero attached hydrogens (tertiary/aromatic N) is 3. The Morgan fingerprint density at radius 2 is 1.78 bits per heavy atom. The second kappa shape index (κ2) is 10.2. The van der Waals surface area contributed by atoms with Gasteiger partial charge in [0.25, 0.3) is 11.5 Å². The molecule has 8 nitrogen and oxygen atoms in total. The fourth-order valence-corrected chi connectivity index (χ4v) is 3.60. The number of hydrogen-bond acceptors (Lipinski definition) is 6. The molecule has 0 spiro atoms. The van der Waals surface area contributed by atoms with Crippen molar-refractivity contribution in [1.29, 1.82) is 5.26 Å². The number of nitriles is 1. The highest BCUT2D eigenvalue weighted by molar-refractivity contribution is 6.09. The number of nitrogens with one attached hydrogen (secondary N) is 1. The van der Waals surface area contributed by atoms with Gasteiger partial charge in [0.15, 0.2) is 0 Å². The van der Waals surface area contributed by atoms with Crippen LogP contribution in [-0.2, 0) is 4.79 Å². The molecule has 0 saturated heterocycles. The van der Waals surface area contributed by atoms with Crippen molar-refractivity contribution in [2.24, 2.45) is 0 Å². The lowest BCUT2D eigenvalue weighted by molar-refractivity contribution is -0.112. The van der Waals surface area contributed by atoms with Gasteiger partial charge in [0, 0.05) is 11.9 Å². The second-order valence-corrected chi connectivity index (χ2v) is 8.17. The molecule has 0 fully saturated rings. The summed E-state index contributed by atoms with van der Waals surface area (Å²) in [4.78, 5) is 31.0. The summed E-state index contributed by atoms with van der Waals surface area (Å²) >= 11 is 0. The van der Waals surface area contributed by atoms with Gasteiger partial charge in [-0.15, -0.1) is 0 Å². The van der Waals surface area contributed by atoms with Crippen molar-refractivity contribution in [3.05, 3.63) is 99.0 Å². The van der Waals surface area contributed by atoms with E-state index in [0.29, 0.717) is 22.8 Å². The molecule has 0 radical (unpaired) electrons. The van der Waals surface area contributed by atoms with E-state index in [2.05, 4.69) is 10.3 Å². The first-order valence-electron chi connectivity index (χ1n) is 11.2. The van der Waals surface area contributed by atoms with Gasteiger partial charge >= 0.3 is 0 Å². The Kier molecular flexibility index (Phi) is 6.84. The number of aromatic nitrogens is 2. The number of carbonyl (C=O) groups is 1. The molecule has 2 aromatic carbocycles. The maximum Gasteiger partial charge on any atom is 0.269 e. The van der Waals surface area contributed by atoms with Gasteiger partial charge in [-0.05, 0) is 79.9 Å². The van der Waals surface area contributed by atoms with E-state index in [1.54, 1.807) is 49.7 Å². The summed E-state index contributed by atoms with van der Waals surface area (Å²) in [6.45, 7) is 5.69. The number of rotatable bonds is 6. The lowest BCUT2D eigenvalue weighted by Crippen LogP contribution is -2.21. The summed E-state index contributed by atoms with van der Waals surface area (Å²) in [6.07, 6.45) is 2.80. The van der Waals surface area contributed by atoms with E-state index in [0.717, 1.165) is 16.7 Å². The fraction of sp³-hybridized carbons (Fsp3) is 0.143. The average molecular weight is 481 g/mol. The molecule has 0 aliphatic carbocycles. The first-order valence-corrected chi connectivity index (χ1v) is 11.2. The number of carbonyl (C=O) groups excluding carboxylic acids is 1. The third-order valence-electron chi connectivity index (χ3n) is 5.81. The van der Waals surface area contributed by atoms with Gasteiger partial charge in [-0.2, -0.15) is 10.2 Å². The molecule has 2 aromatic heterocycles. The molecule has 0 atom stereocenters. The summed E-state index contributed by atoms with van der Waals surface area (Å²) < 4.78 is 12.6. The molecule has 1 N–H and O–H groups in total. The van der Waals surface area contributed by atoms with Gasteiger partial charge < -0.3 is 14.8 Å². The summed E-state index contributed by atoms with van der Waals surface area (Å²) in [5.74, 6) is 0.487. The van der Waals surface area contributed by atoms with Gasteiger partial charge in [-0.3, -0.25) is 14.0 Å². The Hall–Kier alpha value is -4.90. The number of benzene rings is 2. The largest absolute Gasteiger partial charge is 0.497 e. The van der Waals surface area contributed by atoms with E-state index < -0.39 is 11.5 Å². The molecule has 36 heavy (non-hydrogen) atoms. The monoisotopic (exact) mass is 480 g/mol. The van der Waals surface area contributed by atoms with E-state index in [9.17, 15) is 14.9 Å². The first-order chi connectivity index (χ1) is 17.3. The van der Waals surface area contributed by atoms with Gasteiger partial charge in [-0.1, -0.05) is 18.2 Å². The number of methoxy groups -OCH3 is 1. The molecule has 1 amide bonds. The molecular formula is C28H24N4O4. The third-order valence-corrected chi connectivity index (χ3v) is 5.81. The van der Waals surface area contributed by atoms with Gasteiger partial charge in [-0.25, -0.2) is 0 Å². The van der Waals surface area contributed by atoms with Crippen LogP contribution in [0, 0.1) is 32.1 Å². The quantitative estimate of drug-likeness (QED) is 0.309. The van der Waals surface area contributed by atoms with Crippen molar-refractivity contribution in [3.63, 3.8) is 0 Å². The maximum atomic E-state index is 13.5. The molecule has 0 bridgehead atoms. The number of aryl methyl sites for hydroxylation is 2. The van der Waals surface area contributed by atoms with Crippen molar-refractivity contribution in [2.75, 3.05) is 12.4 Å². The molecule has 2 heterocycles. The lowest BCUT2D eigenvalue weighted by atomic mass is 10.1. The molecule has 0 aliphatic heterocycles. The van der Waals surface area contributed by atoms with Crippen LogP contribution in [0.25, 0.3) is 11.7 Å². The fourth-order valence-electron chi connectivity index (χ4n) is 3.60. The van der Waals surface area contributed by atoms with Crippen LogP contribution in [0.3, 0.4) is 0 Å². The minimum absolute atomic E-state index is 0.00741. The zero-order valence-electron chi connectivity index (χ0n) is 20.3. The molecule has 4 rings (SSSR count). The average Bonchev–Trinajstić information content (AvgIpc) is 2.87. The Morgan fingerprint density at radius 1 is 1.06 bits per heavy atom. The Bertz CT molecular complexity index is 1600. The van der Waals surface area contributed by atoms with E-state index in [1.807, 2.05) is 45.0 Å². The lowest BCUT2D eigenvalue weighted by Gasteiger charge is -2.14. The summed E-state index contributed by atoms with van der Waals surface area (Å²) in [5.41, 5.74) is 2.80. The third kappa shape index (κ3) is 4.81. The zero-order valence-corrected chi connectivity index (χ0v) is 20.3. The maximum absolute atomic E-state index is 13.5. The zero-order chi connectivity index (χ0) is 25.8. The highest BCUT2D eigenvalue weighted by Crippen LogP contribution is 2.29. The number of fused-ring (bicyclic) bond motifs is 1. The van der Waals surface area contributed by atoms with E-state index in [4.69, 9.17) is 9.47 Å². The molecule has 0 unspecified atom stereocenters. The topological polar surface area (TPSA) is 106 Å². The van der Waals surface area contributed by atoms with Crippen LogP contribution in [0.1, 0.15) is 22.3 Å². The van der Waals surface area contributed by atoms with Crippen LogP contribution >= 0.6 is 0 Å². The van der Waals surface area contributed by atoms with Crippen molar-refractivity contribution in [2.45, 2.75) is 20.8 Å². The van der Waals surface area contributed by atoms with E-state index >= 15 is 0 Å². The van der Waals surface area contributed by atoms with Crippen LogP contribution in [0.5, 0.6) is 17.4 Å². The van der Waals surface area contributed by atoms with Crippen LogP contribution in [0.2, 0.25) is 0 Å². The minimum atomic E-state index is -0.672. The number of pyridine rings is 1. The highest BCUT2D eigenvalue weighted by Gasteiger charge is 2.19. The van der Waals surface area contributed by atoms with E-state index in [-0.39, 0.29) is 17.0 Å². The van der Waals surface area contributed by atoms with Crippen LogP contribution in [0.4, 0.5) is 5.69 Å². The second-order valence-electron chi connectivity index (χ2n) is 8.17. The predicted molar refractivity (Wildman–Crippen MR) is 137 cm³/mol. The highest BCUT2D eigenvalue weighted by atomic mass is 16.5. The SMILES string of the molecule is COc1ccc(NC(=O)/C(C#N)=C/c2c(Oc3cccc(C)c3C)nc3c(C)cccn3c2=O)cc1. The normalized spacial score (nSPS) is 11.1. The van der Waals surface area contributed by atoms with Crippen LogP contribution in [-0.4, -0.2) is 22.4 Å². The molecule has 180 valence electrons. The van der Waals surface area contributed by atoms with Crippen LogP contribution < -0.4 is 20.3 Å². The van der Waals surface area contributed by atoms with Crippen molar-refractivity contribution in [1.82, 2.24) is 9.38 Å². The summed E-state index contributed by atoms with van der Waals surface area (Å²) in [6, 6.07) is 17.7. The van der Waals surface area contributed by atoms with Crippen molar-refractivity contribution in [3.8, 4) is 23.4 Å². The summed E-state index contributed by atoms with van der Waals surface area (Å²) in [5, 5.41) is 12.4. The van der Waals surface area contributed by atoms with Crippen molar-refractivity contribution < 1.29 is 14.3 Å². The molecule has 0 aliphatic rings. The Balaban J connectivity index is 1.82. The number of anilines is 1.